The summed E-state index contributed by atoms with van der Waals surface area (Å²) in [6.45, 7) is 6.61. The molecule has 1 aromatic rings. The molecule has 0 aromatic carbocycles. The summed E-state index contributed by atoms with van der Waals surface area (Å²) in [4.78, 5) is 6.54. The van der Waals surface area contributed by atoms with Gasteiger partial charge in [-0.3, -0.25) is 4.90 Å². The third-order valence-corrected chi connectivity index (χ3v) is 2.42. The van der Waals surface area contributed by atoms with Crippen LogP contribution in [0.2, 0.25) is 0 Å². The number of aromatic nitrogens is 1. The fraction of sp³-hybridized carbons (Fsp3) is 0.667. The molecule has 2 N–H and O–H groups in total. The second-order valence-electron chi connectivity index (χ2n) is 3.70. The average molecular weight is 181 g/mol. The summed E-state index contributed by atoms with van der Waals surface area (Å²) in [6.07, 6.45) is 0. The van der Waals surface area contributed by atoms with Crippen LogP contribution >= 0.6 is 0 Å². The van der Waals surface area contributed by atoms with Crippen LogP contribution in [0.3, 0.4) is 0 Å². The van der Waals surface area contributed by atoms with Crippen molar-refractivity contribution < 1.29 is 4.42 Å². The van der Waals surface area contributed by atoms with Crippen molar-refractivity contribution in [1.82, 2.24) is 9.88 Å². The quantitative estimate of drug-likeness (QED) is 0.719. The monoisotopic (exact) mass is 181 g/mol. The predicted octanol–water partition coefficient (Wildman–Crippen LogP) is 0.434. The fourth-order valence-corrected chi connectivity index (χ4v) is 1.54. The minimum absolute atomic E-state index is 0.345. The van der Waals surface area contributed by atoms with Gasteiger partial charge in [-0.05, 0) is 13.8 Å². The molecule has 0 amide bonds. The first-order valence-electron chi connectivity index (χ1n) is 4.56. The van der Waals surface area contributed by atoms with Gasteiger partial charge in [0.05, 0.1) is 12.2 Å². The lowest BCUT2D eigenvalue weighted by atomic mass is 10.1. The first-order valence-corrected chi connectivity index (χ1v) is 4.56. The minimum Gasteiger partial charge on any atom is -0.444 e. The van der Waals surface area contributed by atoms with E-state index in [9.17, 15) is 0 Å². The molecule has 72 valence electrons. The van der Waals surface area contributed by atoms with E-state index in [1.54, 1.807) is 0 Å². The molecule has 1 fully saturated rings. The number of hydrogen-bond donors (Lipinski definition) is 1. The van der Waals surface area contributed by atoms with Crippen molar-refractivity contribution in [3.63, 3.8) is 0 Å². The highest BCUT2D eigenvalue weighted by Crippen LogP contribution is 2.14. The van der Waals surface area contributed by atoms with Crippen LogP contribution in [0.25, 0.3) is 0 Å². The van der Waals surface area contributed by atoms with E-state index in [2.05, 4.69) is 9.88 Å². The zero-order valence-electron chi connectivity index (χ0n) is 8.08. The molecule has 0 radical (unpaired) electrons. The Morgan fingerprint density at radius 1 is 1.54 bits per heavy atom. The number of nitrogens with zero attached hydrogens (tertiary/aromatic N) is 2. The van der Waals surface area contributed by atoms with E-state index in [1.165, 1.54) is 0 Å². The number of rotatable bonds is 2. The Hall–Kier alpha value is -0.870. The first-order chi connectivity index (χ1) is 6.15. The molecule has 0 aliphatic carbocycles. The Kier molecular flexibility index (Phi) is 2.09. The van der Waals surface area contributed by atoms with E-state index in [-0.39, 0.29) is 0 Å². The van der Waals surface area contributed by atoms with Crippen LogP contribution in [0, 0.1) is 13.8 Å². The molecule has 0 atom stereocenters. The van der Waals surface area contributed by atoms with E-state index in [0.29, 0.717) is 6.04 Å². The Labute approximate surface area is 77.7 Å². The standard InChI is InChI=1S/C9H15N3O/c1-6-7(2)13-9(11-6)5-12-3-8(10)4-12/h8H,3-5,10H2,1-2H3. The largest absolute Gasteiger partial charge is 0.444 e. The van der Waals surface area contributed by atoms with Gasteiger partial charge in [-0.2, -0.15) is 0 Å². The summed E-state index contributed by atoms with van der Waals surface area (Å²) in [7, 11) is 0. The Morgan fingerprint density at radius 3 is 2.69 bits per heavy atom. The van der Waals surface area contributed by atoms with Crippen molar-refractivity contribution in [2.75, 3.05) is 13.1 Å². The van der Waals surface area contributed by atoms with Gasteiger partial charge in [0.25, 0.3) is 0 Å². The molecule has 1 saturated heterocycles. The van der Waals surface area contributed by atoms with E-state index >= 15 is 0 Å². The molecule has 1 aromatic heterocycles. The molecule has 13 heavy (non-hydrogen) atoms. The lowest BCUT2D eigenvalue weighted by Crippen LogP contribution is -2.54. The second kappa shape index (κ2) is 3.12. The van der Waals surface area contributed by atoms with Crippen LogP contribution in [-0.2, 0) is 6.54 Å². The van der Waals surface area contributed by atoms with Gasteiger partial charge in [-0.15, -0.1) is 0 Å². The van der Waals surface area contributed by atoms with Crippen molar-refractivity contribution in [2.45, 2.75) is 26.4 Å². The van der Waals surface area contributed by atoms with Gasteiger partial charge in [0.15, 0.2) is 0 Å². The summed E-state index contributed by atoms with van der Waals surface area (Å²) in [5, 5.41) is 0. The highest BCUT2D eigenvalue weighted by molar-refractivity contribution is 5.05. The highest BCUT2D eigenvalue weighted by Gasteiger charge is 2.24. The van der Waals surface area contributed by atoms with Crippen LogP contribution in [0.4, 0.5) is 0 Å². The SMILES string of the molecule is Cc1nc(CN2CC(N)C2)oc1C. The molecular weight excluding hydrogens is 166 g/mol. The lowest BCUT2D eigenvalue weighted by molar-refractivity contribution is 0.128. The topological polar surface area (TPSA) is 55.3 Å². The first kappa shape index (κ1) is 8.72. The lowest BCUT2D eigenvalue weighted by Gasteiger charge is -2.35. The van der Waals surface area contributed by atoms with E-state index in [0.717, 1.165) is 37.0 Å². The molecule has 0 spiro atoms. The van der Waals surface area contributed by atoms with Gasteiger partial charge < -0.3 is 10.2 Å². The summed E-state index contributed by atoms with van der Waals surface area (Å²) in [5.74, 6) is 1.72. The molecule has 0 unspecified atom stereocenters. The fourth-order valence-electron chi connectivity index (χ4n) is 1.54. The van der Waals surface area contributed by atoms with Crippen molar-refractivity contribution in [2.24, 2.45) is 5.73 Å². The average Bonchev–Trinajstić information content (AvgIpc) is 2.28. The summed E-state index contributed by atoms with van der Waals surface area (Å²) >= 11 is 0. The van der Waals surface area contributed by atoms with E-state index < -0.39 is 0 Å². The van der Waals surface area contributed by atoms with E-state index in [4.69, 9.17) is 10.2 Å². The molecule has 0 bridgehead atoms. The highest BCUT2D eigenvalue weighted by atomic mass is 16.4. The van der Waals surface area contributed by atoms with Gasteiger partial charge in [-0.25, -0.2) is 4.98 Å². The molecule has 4 heteroatoms. The van der Waals surface area contributed by atoms with Crippen LogP contribution in [-0.4, -0.2) is 29.0 Å². The summed E-state index contributed by atoms with van der Waals surface area (Å²) < 4.78 is 5.46. The molecule has 2 rings (SSSR count). The van der Waals surface area contributed by atoms with E-state index in [1.807, 2.05) is 13.8 Å². The predicted molar refractivity (Wildman–Crippen MR) is 49.2 cm³/mol. The zero-order valence-corrected chi connectivity index (χ0v) is 8.08. The maximum absolute atomic E-state index is 5.66. The smallest absolute Gasteiger partial charge is 0.208 e. The number of oxazole rings is 1. The minimum atomic E-state index is 0.345. The maximum Gasteiger partial charge on any atom is 0.208 e. The van der Waals surface area contributed by atoms with Gasteiger partial charge in [0.2, 0.25) is 5.89 Å². The third-order valence-electron chi connectivity index (χ3n) is 2.42. The Morgan fingerprint density at radius 2 is 2.23 bits per heavy atom. The summed E-state index contributed by atoms with van der Waals surface area (Å²) in [6, 6.07) is 0.345. The maximum atomic E-state index is 5.66. The molecule has 2 heterocycles. The van der Waals surface area contributed by atoms with Gasteiger partial charge in [0, 0.05) is 19.1 Å². The van der Waals surface area contributed by atoms with Crippen molar-refractivity contribution in [3.8, 4) is 0 Å². The molecule has 4 nitrogen and oxygen atoms in total. The van der Waals surface area contributed by atoms with Crippen LogP contribution in [0.1, 0.15) is 17.3 Å². The third kappa shape index (κ3) is 1.73. The van der Waals surface area contributed by atoms with Crippen LogP contribution in [0.15, 0.2) is 4.42 Å². The van der Waals surface area contributed by atoms with Gasteiger partial charge >= 0.3 is 0 Å². The number of likely N-dealkylation sites (tertiary alicyclic amines) is 1. The summed E-state index contributed by atoms with van der Waals surface area (Å²) in [5.41, 5.74) is 6.65. The number of aryl methyl sites for hydroxylation is 2. The van der Waals surface area contributed by atoms with Gasteiger partial charge in [-0.1, -0.05) is 0 Å². The van der Waals surface area contributed by atoms with Crippen molar-refractivity contribution >= 4 is 0 Å². The second-order valence-corrected chi connectivity index (χ2v) is 3.70. The molecule has 0 saturated carbocycles. The normalized spacial score (nSPS) is 19.0. The van der Waals surface area contributed by atoms with Crippen molar-refractivity contribution in [3.05, 3.63) is 17.3 Å². The Balaban J connectivity index is 1.95. The Bertz CT molecular complexity index is 282. The molecule has 1 aliphatic rings. The zero-order chi connectivity index (χ0) is 9.42. The van der Waals surface area contributed by atoms with Crippen LogP contribution < -0.4 is 5.73 Å². The number of hydrogen-bond acceptors (Lipinski definition) is 4. The molecule has 1 aliphatic heterocycles. The van der Waals surface area contributed by atoms with Crippen LogP contribution in [0.5, 0.6) is 0 Å². The number of nitrogens with two attached hydrogens (primary N) is 1. The van der Waals surface area contributed by atoms with Gasteiger partial charge in [0.1, 0.15) is 5.76 Å². The van der Waals surface area contributed by atoms with Crippen molar-refractivity contribution in [1.29, 1.82) is 0 Å². The molecular formula is C9H15N3O.